The quantitative estimate of drug-likeness (QED) is 0.679. The largest absolute Gasteiger partial charge is 0.373 e. The summed E-state index contributed by atoms with van der Waals surface area (Å²) in [4.78, 5) is 26.8. The van der Waals surface area contributed by atoms with Crippen molar-refractivity contribution in [3.63, 3.8) is 0 Å². The van der Waals surface area contributed by atoms with Crippen molar-refractivity contribution in [2.45, 2.75) is 26.2 Å². The Bertz CT molecular complexity index is 128. The van der Waals surface area contributed by atoms with Crippen LogP contribution in [0.4, 0.5) is 0 Å². The summed E-state index contributed by atoms with van der Waals surface area (Å²) < 4.78 is 0. The number of unbranched alkanes of at least 4 members (excludes halogenated alkanes) is 1. The van der Waals surface area contributed by atoms with Crippen molar-refractivity contribution in [3.8, 4) is 0 Å². The lowest BCUT2D eigenvalue weighted by Crippen LogP contribution is -1.96. The highest BCUT2D eigenvalue weighted by Crippen LogP contribution is 1.96. The van der Waals surface area contributed by atoms with Crippen LogP contribution in [0.15, 0.2) is 0 Å². The van der Waals surface area contributed by atoms with Gasteiger partial charge in [0.05, 0.1) is 5.33 Å². The van der Waals surface area contributed by atoms with Crippen molar-refractivity contribution in [2.24, 2.45) is 0 Å². The number of hydrogen-bond acceptors (Lipinski definition) is 3. The summed E-state index contributed by atoms with van der Waals surface area (Å²) in [5, 5.41) is 0.521. The van der Waals surface area contributed by atoms with Gasteiger partial charge in [0.1, 0.15) is 5.78 Å². The number of halogens is 1. The van der Waals surface area contributed by atoms with Crippen LogP contribution in [-0.2, 0) is 14.4 Å². The molecule has 0 saturated carbocycles. The molecular formula is C7H11BrO3. The van der Waals surface area contributed by atoms with Gasteiger partial charge in [-0.3, -0.25) is 4.79 Å². The fraction of sp³-hybridized carbons (Fsp3) is 0.714. The first-order chi connectivity index (χ1) is 5.22. The molecule has 0 fully saturated rings. The van der Waals surface area contributed by atoms with Crippen LogP contribution in [-0.4, -0.2) is 17.3 Å². The van der Waals surface area contributed by atoms with Gasteiger partial charge < -0.3 is 0 Å². The van der Waals surface area contributed by atoms with Crippen LogP contribution in [0, 0.1) is 0 Å². The maximum atomic E-state index is 10.5. The van der Waals surface area contributed by atoms with Crippen LogP contribution in [0.2, 0.25) is 0 Å². The molecule has 0 atom stereocenters. The number of hydrogen-bond donors (Lipinski definition) is 0. The lowest BCUT2D eigenvalue weighted by atomic mass is 10.2. The fourth-order valence-corrected chi connectivity index (χ4v) is 0.721. The third-order valence-corrected chi connectivity index (χ3v) is 1.58. The molecule has 0 aliphatic rings. The molecule has 0 N–H and O–H groups in total. The first-order valence-electron chi connectivity index (χ1n) is 3.29. The molecule has 0 radical (unpaired) electrons. The predicted octanol–water partition coefficient (Wildman–Crippen LogP) is 1.56. The van der Waals surface area contributed by atoms with E-state index in [0.29, 0.717) is 11.1 Å². The van der Waals surface area contributed by atoms with Crippen LogP contribution in [0.5, 0.6) is 0 Å². The lowest BCUT2D eigenvalue weighted by Gasteiger charge is -1.90. The van der Waals surface area contributed by atoms with E-state index >= 15 is 0 Å². The Morgan fingerprint density at radius 2 is 1.91 bits per heavy atom. The van der Waals surface area contributed by atoms with Crippen LogP contribution in [0.3, 0.4) is 0 Å². The first-order valence-corrected chi connectivity index (χ1v) is 4.42. The molecule has 0 aromatic carbocycles. The minimum absolute atomic E-state index is 0.250. The SMILES string of the molecule is CCCCC(=O)CBr.O=C=O. The van der Waals surface area contributed by atoms with Gasteiger partial charge in [-0.1, -0.05) is 29.3 Å². The van der Waals surface area contributed by atoms with Gasteiger partial charge in [0.15, 0.2) is 0 Å². The summed E-state index contributed by atoms with van der Waals surface area (Å²) in [6.45, 7) is 2.08. The van der Waals surface area contributed by atoms with E-state index in [-0.39, 0.29) is 6.15 Å². The minimum Gasteiger partial charge on any atom is -0.299 e. The smallest absolute Gasteiger partial charge is 0.299 e. The second-order valence-electron chi connectivity index (χ2n) is 1.86. The highest BCUT2D eigenvalue weighted by Gasteiger charge is 1.94. The monoisotopic (exact) mass is 222 g/mol. The van der Waals surface area contributed by atoms with E-state index in [1.165, 1.54) is 0 Å². The molecule has 0 aliphatic heterocycles. The van der Waals surface area contributed by atoms with Crippen molar-refractivity contribution >= 4 is 27.9 Å². The predicted molar refractivity (Wildman–Crippen MR) is 43.3 cm³/mol. The minimum atomic E-state index is 0.250. The summed E-state index contributed by atoms with van der Waals surface area (Å²) in [5.41, 5.74) is 0. The van der Waals surface area contributed by atoms with Crippen LogP contribution >= 0.6 is 15.9 Å². The van der Waals surface area contributed by atoms with Crippen molar-refractivity contribution in [3.05, 3.63) is 0 Å². The number of rotatable bonds is 4. The highest BCUT2D eigenvalue weighted by molar-refractivity contribution is 9.09. The van der Waals surface area contributed by atoms with Crippen molar-refractivity contribution in [1.29, 1.82) is 0 Å². The van der Waals surface area contributed by atoms with Gasteiger partial charge in [0, 0.05) is 6.42 Å². The molecule has 0 bridgehead atoms. The molecule has 64 valence electrons. The van der Waals surface area contributed by atoms with Gasteiger partial charge in [-0.2, -0.15) is 9.59 Å². The Morgan fingerprint density at radius 1 is 1.45 bits per heavy atom. The zero-order valence-corrected chi connectivity index (χ0v) is 8.02. The molecule has 0 aliphatic carbocycles. The van der Waals surface area contributed by atoms with Crippen molar-refractivity contribution in [2.75, 3.05) is 5.33 Å². The molecule has 0 saturated heterocycles. The number of carbonyl (C=O) groups is 1. The number of ketones is 1. The molecule has 0 heterocycles. The molecule has 0 spiro atoms. The van der Waals surface area contributed by atoms with Gasteiger partial charge in [-0.05, 0) is 6.42 Å². The van der Waals surface area contributed by atoms with E-state index in [2.05, 4.69) is 22.9 Å². The third kappa shape index (κ3) is 17.7. The number of carbonyl (C=O) groups excluding carboxylic acids is 3. The standard InChI is InChI=1S/C6H11BrO.CO2/c1-2-3-4-6(8)5-7;2-1-3/h2-5H2,1H3;. The van der Waals surface area contributed by atoms with Crippen LogP contribution < -0.4 is 0 Å². The zero-order chi connectivity index (χ0) is 9.11. The molecule has 11 heavy (non-hydrogen) atoms. The summed E-state index contributed by atoms with van der Waals surface area (Å²) in [6, 6.07) is 0. The third-order valence-electron chi connectivity index (χ3n) is 0.958. The van der Waals surface area contributed by atoms with Crippen molar-refractivity contribution in [1.82, 2.24) is 0 Å². The van der Waals surface area contributed by atoms with Gasteiger partial charge >= 0.3 is 6.15 Å². The normalized spacial score (nSPS) is 7.45. The summed E-state index contributed by atoms with van der Waals surface area (Å²) >= 11 is 3.10. The molecule has 0 aromatic rings. The van der Waals surface area contributed by atoms with Crippen LogP contribution in [0.25, 0.3) is 0 Å². The molecule has 0 unspecified atom stereocenters. The molecule has 3 nitrogen and oxygen atoms in total. The number of Topliss-reactive ketones (excluding diaryl/α,β-unsaturated/α-hetero) is 1. The van der Waals surface area contributed by atoms with Crippen molar-refractivity contribution < 1.29 is 14.4 Å². The summed E-state index contributed by atoms with van der Waals surface area (Å²) in [6.07, 6.45) is 3.13. The lowest BCUT2D eigenvalue weighted by molar-refractivity contribution is -0.191. The van der Waals surface area contributed by atoms with Crippen LogP contribution in [0.1, 0.15) is 26.2 Å². The Hall–Kier alpha value is -0.470. The topological polar surface area (TPSA) is 51.2 Å². The fourth-order valence-electron chi connectivity index (χ4n) is 0.441. The average Bonchev–Trinajstić information content (AvgIpc) is 2.02. The van der Waals surface area contributed by atoms with E-state index in [9.17, 15) is 4.79 Å². The molecule has 4 heteroatoms. The molecule has 0 aromatic heterocycles. The second kappa shape index (κ2) is 12.2. The van der Waals surface area contributed by atoms with Gasteiger partial charge in [-0.15, -0.1) is 0 Å². The van der Waals surface area contributed by atoms with E-state index in [4.69, 9.17) is 9.59 Å². The molecular weight excluding hydrogens is 212 g/mol. The summed E-state index contributed by atoms with van der Waals surface area (Å²) in [5.74, 6) is 0.312. The van der Waals surface area contributed by atoms with Gasteiger partial charge in [0.2, 0.25) is 0 Å². The Morgan fingerprint density at radius 3 is 2.18 bits per heavy atom. The molecule has 0 amide bonds. The maximum Gasteiger partial charge on any atom is 0.373 e. The maximum absolute atomic E-state index is 10.5. The van der Waals surface area contributed by atoms with E-state index in [1.54, 1.807) is 0 Å². The first kappa shape index (κ1) is 13.1. The average molecular weight is 223 g/mol. The summed E-state index contributed by atoms with van der Waals surface area (Å²) in [7, 11) is 0. The number of alkyl halides is 1. The molecule has 0 rings (SSSR count). The highest BCUT2D eigenvalue weighted by atomic mass is 79.9. The zero-order valence-electron chi connectivity index (χ0n) is 6.43. The Kier molecular flexibility index (Phi) is 14.6. The van der Waals surface area contributed by atoms with E-state index < -0.39 is 0 Å². The second-order valence-corrected chi connectivity index (χ2v) is 2.42. The van der Waals surface area contributed by atoms with E-state index in [0.717, 1.165) is 19.3 Å². The Balaban J connectivity index is 0. The Labute approximate surface area is 74.3 Å². The van der Waals surface area contributed by atoms with E-state index in [1.807, 2.05) is 0 Å². The van der Waals surface area contributed by atoms with Gasteiger partial charge in [0.25, 0.3) is 0 Å². The van der Waals surface area contributed by atoms with Gasteiger partial charge in [-0.25, -0.2) is 0 Å².